The monoisotopic (exact) mass is 306 g/mol. The number of hydrogen-bond acceptors (Lipinski definition) is 4. The van der Waals surface area contributed by atoms with Crippen molar-refractivity contribution in [3.05, 3.63) is 16.0 Å². The van der Waals surface area contributed by atoms with Crippen molar-refractivity contribution in [1.82, 2.24) is 14.9 Å². The minimum absolute atomic E-state index is 0.255. The zero-order valence-electron chi connectivity index (χ0n) is 9.67. The molecule has 1 unspecified atom stereocenters. The molecule has 1 N–H and O–H groups in total. The summed E-state index contributed by atoms with van der Waals surface area (Å²) in [6.45, 7) is 3.15. The lowest BCUT2D eigenvalue weighted by molar-refractivity contribution is 0.390. The molecule has 1 rings (SSSR count). The van der Waals surface area contributed by atoms with E-state index in [2.05, 4.69) is 57.1 Å². The molecule has 6 heteroatoms. The lowest BCUT2D eigenvalue weighted by Gasteiger charge is -2.17. The fourth-order valence-corrected chi connectivity index (χ4v) is 1.64. The van der Waals surface area contributed by atoms with Crippen molar-refractivity contribution in [2.45, 2.75) is 19.4 Å². The SMILES string of the molecule is CC(CCN(C)C)Nc1nc(Cl)ncc1Br. The third-order valence-electron chi connectivity index (χ3n) is 2.11. The molecule has 1 atom stereocenters. The van der Waals surface area contributed by atoms with Gasteiger partial charge in [0.2, 0.25) is 5.28 Å². The number of nitrogens with zero attached hydrogens (tertiary/aromatic N) is 3. The summed E-state index contributed by atoms with van der Waals surface area (Å²) in [7, 11) is 4.12. The number of rotatable bonds is 5. The molecule has 4 nitrogen and oxygen atoms in total. The van der Waals surface area contributed by atoms with Gasteiger partial charge in [-0.25, -0.2) is 4.98 Å². The summed E-state index contributed by atoms with van der Waals surface area (Å²) in [4.78, 5) is 10.2. The molecule has 0 spiro atoms. The summed E-state index contributed by atoms with van der Waals surface area (Å²) in [5.41, 5.74) is 0. The van der Waals surface area contributed by atoms with Gasteiger partial charge in [-0.1, -0.05) is 0 Å². The fraction of sp³-hybridized carbons (Fsp3) is 0.600. The smallest absolute Gasteiger partial charge is 0.224 e. The van der Waals surface area contributed by atoms with Gasteiger partial charge < -0.3 is 10.2 Å². The highest BCUT2D eigenvalue weighted by Gasteiger charge is 2.08. The normalized spacial score (nSPS) is 12.9. The first-order chi connectivity index (χ1) is 7.49. The molecule has 16 heavy (non-hydrogen) atoms. The van der Waals surface area contributed by atoms with Crippen LogP contribution in [0.3, 0.4) is 0 Å². The van der Waals surface area contributed by atoms with Gasteiger partial charge in [-0.3, -0.25) is 0 Å². The number of anilines is 1. The van der Waals surface area contributed by atoms with Crippen molar-refractivity contribution < 1.29 is 0 Å². The summed E-state index contributed by atoms with van der Waals surface area (Å²) < 4.78 is 0.827. The average molecular weight is 308 g/mol. The molecule has 0 aliphatic rings. The maximum Gasteiger partial charge on any atom is 0.224 e. The summed E-state index contributed by atoms with van der Waals surface area (Å²) >= 11 is 9.12. The Morgan fingerprint density at radius 3 is 2.88 bits per heavy atom. The summed E-state index contributed by atoms with van der Waals surface area (Å²) in [6.07, 6.45) is 2.69. The Kier molecular flexibility index (Phi) is 5.44. The molecular formula is C10H16BrClN4. The minimum Gasteiger partial charge on any atom is -0.366 e. The van der Waals surface area contributed by atoms with Crippen molar-refractivity contribution in [2.24, 2.45) is 0 Å². The second-order valence-electron chi connectivity index (χ2n) is 3.97. The molecule has 1 aromatic rings. The van der Waals surface area contributed by atoms with Crippen molar-refractivity contribution >= 4 is 33.3 Å². The first-order valence-corrected chi connectivity index (χ1v) is 6.25. The number of halogens is 2. The van der Waals surface area contributed by atoms with Crippen LogP contribution in [0.15, 0.2) is 10.7 Å². The van der Waals surface area contributed by atoms with E-state index in [1.165, 1.54) is 0 Å². The van der Waals surface area contributed by atoms with E-state index in [4.69, 9.17) is 11.6 Å². The van der Waals surface area contributed by atoms with Crippen LogP contribution in [0.5, 0.6) is 0 Å². The van der Waals surface area contributed by atoms with E-state index in [0.29, 0.717) is 6.04 Å². The first kappa shape index (κ1) is 13.7. The maximum absolute atomic E-state index is 5.74. The molecule has 0 fully saturated rings. The number of nitrogens with one attached hydrogen (secondary N) is 1. The second kappa shape index (κ2) is 6.37. The minimum atomic E-state index is 0.255. The highest BCUT2D eigenvalue weighted by atomic mass is 79.9. The summed E-state index contributed by atoms with van der Waals surface area (Å²) in [6, 6.07) is 0.338. The van der Waals surface area contributed by atoms with E-state index >= 15 is 0 Å². The van der Waals surface area contributed by atoms with E-state index < -0.39 is 0 Å². The van der Waals surface area contributed by atoms with Crippen LogP contribution in [-0.4, -0.2) is 41.5 Å². The fourth-order valence-electron chi connectivity index (χ4n) is 1.20. The van der Waals surface area contributed by atoms with Crippen LogP contribution in [0.2, 0.25) is 5.28 Å². The lowest BCUT2D eigenvalue weighted by Crippen LogP contribution is -2.23. The molecule has 1 heterocycles. The Hall–Kier alpha value is -0.390. The van der Waals surface area contributed by atoms with Gasteiger partial charge in [-0.15, -0.1) is 0 Å². The zero-order valence-corrected chi connectivity index (χ0v) is 12.0. The van der Waals surface area contributed by atoms with Crippen LogP contribution in [0, 0.1) is 0 Å². The lowest BCUT2D eigenvalue weighted by atomic mass is 10.2. The molecule has 1 aromatic heterocycles. The Labute approximate surface area is 110 Å². The molecule has 0 bridgehead atoms. The Balaban J connectivity index is 2.55. The quantitative estimate of drug-likeness (QED) is 0.849. The number of hydrogen-bond donors (Lipinski definition) is 1. The van der Waals surface area contributed by atoms with Gasteiger partial charge in [0.05, 0.1) is 4.47 Å². The maximum atomic E-state index is 5.74. The molecule has 0 aromatic carbocycles. The van der Waals surface area contributed by atoms with Crippen molar-refractivity contribution in [2.75, 3.05) is 26.0 Å². The second-order valence-corrected chi connectivity index (χ2v) is 5.17. The van der Waals surface area contributed by atoms with E-state index in [0.717, 1.165) is 23.3 Å². The highest BCUT2D eigenvalue weighted by Crippen LogP contribution is 2.21. The Morgan fingerprint density at radius 1 is 1.56 bits per heavy atom. The molecule has 0 saturated carbocycles. The largest absolute Gasteiger partial charge is 0.366 e. The molecule has 0 aliphatic carbocycles. The van der Waals surface area contributed by atoms with Crippen LogP contribution >= 0.6 is 27.5 Å². The Bertz CT molecular complexity index is 346. The van der Waals surface area contributed by atoms with Gasteiger partial charge in [0.25, 0.3) is 0 Å². The first-order valence-electron chi connectivity index (χ1n) is 5.08. The van der Waals surface area contributed by atoms with E-state index in [-0.39, 0.29) is 5.28 Å². The molecule has 0 amide bonds. The van der Waals surface area contributed by atoms with Crippen LogP contribution < -0.4 is 5.32 Å². The molecule has 0 aliphatic heterocycles. The molecule has 90 valence electrons. The predicted molar refractivity (Wildman–Crippen MR) is 71.0 cm³/mol. The number of aromatic nitrogens is 2. The van der Waals surface area contributed by atoms with Gasteiger partial charge in [-0.2, -0.15) is 4.98 Å². The van der Waals surface area contributed by atoms with Gasteiger partial charge >= 0.3 is 0 Å². The van der Waals surface area contributed by atoms with Gasteiger partial charge in [0, 0.05) is 12.2 Å². The average Bonchev–Trinajstić information content (AvgIpc) is 2.20. The van der Waals surface area contributed by atoms with Crippen molar-refractivity contribution in [1.29, 1.82) is 0 Å². The predicted octanol–water partition coefficient (Wildman–Crippen LogP) is 2.64. The highest BCUT2D eigenvalue weighted by molar-refractivity contribution is 9.10. The van der Waals surface area contributed by atoms with E-state index in [1.54, 1.807) is 6.20 Å². The topological polar surface area (TPSA) is 41.0 Å². The van der Waals surface area contributed by atoms with Crippen molar-refractivity contribution in [3.8, 4) is 0 Å². The summed E-state index contributed by atoms with van der Waals surface area (Å²) in [5, 5.41) is 3.55. The van der Waals surface area contributed by atoms with Crippen LogP contribution in [0.1, 0.15) is 13.3 Å². The van der Waals surface area contributed by atoms with Crippen LogP contribution in [0.25, 0.3) is 0 Å². The molecule has 0 radical (unpaired) electrons. The standard InChI is InChI=1S/C10H16BrClN4/c1-7(4-5-16(2)3)14-9-8(11)6-13-10(12)15-9/h6-7H,4-5H2,1-3H3,(H,13,14,15). The third kappa shape index (κ3) is 4.63. The molecular weight excluding hydrogens is 291 g/mol. The van der Waals surface area contributed by atoms with Gasteiger partial charge in [-0.05, 0) is 61.5 Å². The van der Waals surface area contributed by atoms with E-state index in [1.807, 2.05) is 0 Å². The Morgan fingerprint density at radius 2 is 2.25 bits per heavy atom. The zero-order chi connectivity index (χ0) is 12.1. The van der Waals surface area contributed by atoms with Gasteiger partial charge in [0.1, 0.15) is 5.82 Å². The third-order valence-corrected chi connectivity index (χ3v) is 2.87. The van der Waals surface area contributed by atoms with Crippen molar-refractivity contribution in [3.63, 3.8) is 0 Å². The summed E-state index contributed by atoms with van der Waals surface area (Å²) in [5.74, 6) is 0.742. The van der Waals surface area contributed by atoms with E-state index in [9.17, 15) is 0 Å². The van der Waals surface area contributed by atoms with Crippen LogP contribution in [0.4, 0.5) is 5.82 Å². The molecule has 0 saturated heterocycles. The van der Waals surface area contributed by atoms with Gasteiger partial charge in [0.15, 0.2) is 0 Å². The van der Waals surface area contributed by atoms with Crippen LogP contribution in [-0.2, 0) is 0 Å².